The van der Waals surface area contributed by atoms with E-state index < -0.39 is 0 Å². The highest BCUT2D eigenvalue weighted by atomic mass is 16.5. The van der Waals surface area contributed by atoms with Gasteiger partial charge in [-0.15, -0.1) is 0 Å². The largest absolute Gasteiger partial charge is 0.338 e. The number of hydrogen-bond acceptors (Lipinski definition) is 5. The Bertz CT molecular complexity index is 353. The lowest BCUT2D eigenvalue weighted by atomic mass is 9.97. The van der Waals surface area contributed by atoms with Gasteiger partial charge in [0.05, 0.1) is 5.92 Å². The fourth-order valence-electron chi connectivity index (χ4n) is 2.66. The van der Waals surface area contributed by atoms with Gasteiger partial charge in [0.1, 0.15) is 0 Å². The second kappa shape index (κ2) is 6.89. The van der Waals surface area contributed by atoms with Crippen LogP contribution in [0.2, 0.25) is 0 Å². The van der Waals surface area contributed by atoms with Crippen molar-refractivity contribution in [1.29, 1.82) is 0 Å². The van der Waals surface area contributed by atoms with Crippen LogP contribution in [0, 0.1) is 5.92 Å². The molecule has 1 saturated heterocycles. The van der Waals surface area contributed by atoms with E-state index in [1.807, 2.05) is 0 Å². The number of hydrogen-bond donors (Lipinski definition) is 1. The summed E-state index contributed by atoms with van der Waals surface area (Å²) >= 11 is 0. The van der Waals surface area contributed by atoms with Crippen LogP contribution >= 0.6 is 0 Å². The molecule has 5 heteroatoms. The highest BCUT2D eigenvalue weighted by Crippen LogP contribution is 2.24. The molecule has 0 bridgehead atoms. The lowest BCUT2D eigenvalue weighted by Gasteiger charge is -2.17. The zero-order valence-corrected chi connectivity index (χ0v) is 12.1. The average Bonchev–Trinajstić information content (AvgIpc) is 2.71. The molecular formula is C14H26N4O. The normalized spacial score (nSPS) is 18.6. The van der Waals surface area contributed by atoms with Crippen LogP contribution in [0.1, 0.15) is 57.8 Å². The van der Waals surface area contributed by atoms with Crippen molar-refractivity contribution in [2.45, 2.75) is 51.9 Å². The van der Waals surface area contributed by atoms with Gasteiger partial charge in [0, 0.05) is 19.6 Å². The monoisotopic (exact) mass is 266 g/mol. The van der Waals surface area contributed by atoms with Crippen molar-refractivity contribution in [1.82, 2.24) is 10.1 Å². The molecule has 0 spiro atoms. The van der Waals surface area contributed by atoms with Crippen molar-refractivity contribution < 1.29 is 4.52 Å². The van der Waals surface area contributed by atoms with Crippen LogP contribution in [0.5, 0.6) is 0 Å². The number of nitrogens with two attached hydrogens (primary N) is 1. The molecule has 2 rings (SSSR count). The minimum atomic E-state index is 0.188. The molecule has 1 aliphatic rings. The Kier molecular flexibility index (Phi) is 5.19. The highest BCUT2D eigenvalue weighted by molar-refractivity contribution is 5.28. The summed E-state index contributed by atoms with van der Waals surface area (Å²) in [4.78, 5) is 6.81. The molecule has 1 aromatic rings. The molecule has 0 saturated carbocycles. The first kappa shape index (κ1) is 14.3. The first-order valence-electron chi connectivity index (χ1n) is 7.49. The zero-order valence-electron chi connectivity index (χ0n) is 12.1. The molecule has 2 heterocycles. The molecule has 5 nitrogen and oxygen atoms in total. The van der Waals surface area contributed by atoms with Gasteiger partial charge in [-0.05, 0) is 30.3 Å². The van der Waals surface area contributed by atoms with Gasteiger partial charge in [-0.25, -0.2) is 0 Å². The molecule has 1 aliphatic heterocycles. The summed E-state index contributed by atoms with van der Waals surface area (Å²) in [6.45, 7) is 7.02. The van der Waals surface area contributed by atoms with Crippen LogP contribution in [-0.4, -0.2) is 29.8 Å². The first-order valence-corrected chi connectivity index (χ1v) is 7.49. The summed E-state index contributed by atoms with van der Waals surface area (Å²) in [6, 6.07) is 0. The molecule has 0 aromatic carbocycles. The van der Waals surface area contributed by atoms with Crippen LogP contribution in [0.25, 0.3) is 0 Å². The Morgan fingerprint density at radius 3 is 2.47 bits per heavy atom. The third-order valence-corrected chi connectivity index (χ3v) is 3.71. The average molecular weight is 266 g/mol. The third-order valence-electron chi connectivity index (χ3n) is 3.71. The molecule has 108 valence electrons. The summed E-state index contributed by atoms with van der Waals surface area (Å²) in [6.07, 6.45) is 6.05. The molecule has 0 amide bonds. The smallest absolute Gasteiger partial charge is 0.266 e. The summed E-state index contributed by atoms with van der Waals surface area (Å²) in [7, 11) is 0. The molecule has 1 atom stereocenters. The van der Waals surface area contributed by atoms with Gasteiger partial charge in [-0.3, -0.25) is 0 Å². The maximum absolute atomic E-state index is 5.82. The van der Waals surface area contributed by atoms with Gasteiger partial charge in [0.15, 0.2) is 0 Å². The standard InChI is InChI=1S/C14H26N4O/c1-11(2)9-12(10-15)13-16-14(17-19-13)18-7-5-3-4-6-8-18/h11-12H,3-10,15H2,1-2H3. The van der Waals surface area contributed by atoms with Gasteiger partial charge in [0.25, 0.3) is 5.95 Å². The van der Waals surface area contributed by atoms with E-state index in [0.717, 1.165) is 25.5 Å². The number of nitrogens with zero attached hydrogens (tertiary/aromatic N) is 3. The van der Waals surface area contributed by atoms with E-state index in [1.165, 1.54) is 25.7 Å². The molecule has 0 radical (unpaired) electrons. The summed E-state index contributed by atoms with van der Waals surface area (Å²) in [5.41, 5.74) is 5.82. The van der Waals surface area contributed by atoms with Crippen molar-refractivity contribution >= 4 is 5.95 Å². The Hall–Kier alpha value is -1.10. The molecule has 2 N–H and O–H groups in total. The number of aromatic nitrogens is 2. The second-order valence-electron chi connectivity index (χ2n) is 5.90. The van der Waals surface area contributed by atoms with Crippen molar-refractivity contribution in [3.05, 3.63) is 5.89 Å². The second-order valence-corrected chi connectivity index (χ2v) is 5.90. The van der Waals surface area contributed by atoms with Crippen LogP contribution in [0.3, 0.4) is 0 Å². The van der Waals surface area contributed by atoms with E-state index in [0.29, 0.717) is 18.4 Å². The first-order chi connectivity index (χ1) is 9.20. The van der Waals surface area contributed by atoms with Crippen molar-refractivity contribution in [2.24, 2.45) is 11.7 Å². The summed E-state index contributed by atoms with van der Waals surface area (Å²) < 4.78 is 5.43. The lowest BCUT2D eigenvalue weighted by molar-refractivity contribution is 0.334. The van der Waals surface area contributed by atoms with E-state index >= 15 is 0 Å². The zero-order chi connectivity index (χ0) is 13.7. The van der Waals surface area contributed by atoms with Crippen LogP contribution in [0.15, 0.2) is 4.52 Å². The summed E-state index contributed by atoms with van der Waals surface area (Å²) in [5, 5.41) is 4.14. The Morgan fingerprint density at radius 1 is 1.21 bits per heavy atom. The summed E-state index contributed by atoms with van der Waals surface area (Å²) in [5.74, 6) is 2.23. The third kappa shape index (κ3) is 3.93. The molecular weight excluding hydrogens is 240 g/mol. The molecule has 1 unspecified atom stereocenters. The fourth-order valence-corrected chi connectivity index (χ4v) is 2.66. The molecule has 1 aromatic heterocycles. The van der Waals surface area contributed by atoms with Gasteiger partial charge in [-0.2, -0.15) is 4.98 Å². The van der Waals surface area contributed by atoms with Crippen molar-refractivity contribution in [3.63, 3.8) is 0 Å². The maximum atomic E-state index is 5.82. The fraction of sp³-hybridized carbons (Fsp3) is 0.857. The van der Waals surface area contributed by atoms with E-state index in [9.17, 15) is 0 Å². The van der Waals surface area contributed by atoms with Crippen molar-refractivity contribution in [3.8, 4) is 0 Å². The van der Waals surface area contributed by atoms with E-state index in [1.54, 1.807) is 0 Å². The molecule has 1 fully saturated rings. The van der Waals surface area contributed by atoms with Crippen molar-refractivity contribution in [2.75, 3.05) is 24.5 Å². The molecule has 0 aliphatic carbocycles. The van der Waals surface area contributed by atoms with Gasteiger partial charge < -0.3 is 15.2 Å². The molecule has 19 heavy (non-hydrogen) atoms. The number of anilines is 1. The highest BCUT2D eigenvalue weighted by Gasteiger charge is 2.21. The topological polar surface area (TPSA) is 68.2 Å². The quantitative estimate of drug-likeness (QED) is 0.887. The van der Waals surface area contributed by atoms with E-state index in [-0.39, 0.29) is 5.92 Å². The minimum Gasteiger partial charge on any atom is -0.338 e. The number of rotatable bonds is 5. The van der Waals surface area contributed by atoms with Crippen LogP contribution < -0.4 is 10.6 Å². The van der Waals surface area contributed by atoms with E-state index in [2.05, 4.69) is 28.9 Å². The Morgan fingerprint density at radius 2 is 1.89 bits per heavy atom. The Balaban J connectivity index is 2.04. The van der Waals surface area contributed by atoms with Gasteiger partial charge >= 0.3 is 0 Å². The SMILES string of the molecule is CC(C)CC(CN)c1nc(N2CCCCCC2)no1. The lowest BCUT2D eigenvalue weighted by Crippen LogP contribution is -2.25. The van der Waals surface area contributed by atoms with E-state index in [4.69, 9.17) is 10.3 Å². The predicted octanol–water partition coefficient (Wildman–Crippen LogP) is 2.54. The minimum absolute atomic E-state index is 0.188. The van der Waals surface area contributed by atoms with Gasteiger partial charge in [-0.1, -0.05) is 26.7 Å². The van der Waals surface area contributed by atoms with Crippen LogP contribution in [0.4, 0.5) is 5.95 Å². The van der Waals surface area contributed by atoms with Gasteiger partial charge in [0.2, 0.25) is 5.89 Å². The Labute approximate surface area is 115 Å². The maximum Gasteiger partial charge on any atom is 0.266 e. The predicted molar refractivity (Wildman–Crippen MR) is 76.2 cm³/mol. The van der Waals surface area contributed by atoms with Crippen LogP contribution in [-0.2, 0) is 0 Å².